The molecule has 0 unspecified atom stereocenters. The van der Waals surface area contributed by atoms with Gasteiger partial charge < -0.3 is 20.1 Å². The molecule has 0 fully saturated rings. The van der Waals surface area contributed by atoms with Crippen molar-refractivity contribution in [3.05, 3.63) is 94.0 Å². The maximum atomic E-state index is 12.4. The highest BCUT2D eigenvalue weighted by molar-refractivity contribution is 6.00. The Balaban J connectivity index is 1.46. The summed E-state index contributed by atoms with van der Waals surface area (Å²) in [5.41, 5.74) is 3.94. The fourth-order valence-corrected chi connectivity index (χ4v) is 3.36. The zero-order chi connectivity index (χ0) is 23.4. The molecule has 2 aromatic carbocycles. The normalized spacial score (nSPS) is 10.6. The highest BCUT2D eigenvalue weighted by Gasteiger charge is 2.09. The number of aryl methyl sites for hydroxylation is 2. The van der Waals surface area contributed by atoms with Gasteiger partial charge in [0.1, 0.15) is 23.8 Å². The maximum Gasteiger partial charge on any atom is 0.323 e. The minimum atomic E-state index is -0.391. The number of carbonyl (C=O) groups excluding carboxylic acids is 1. The summed E-state index contributed by atoms with van der Waals surface area (Å²) < 4.78 is 12.6. The number of nitrogens with one attached hydrogen (secondary N) is 2. The molecule has 4 rings (SSSR count). The summed E-state index contributed by atoms with van der Waals surface area (Å²) in [4.78, 5) is 29.4. The van der Waals surface area contributed by atoms with Crippen LogP contribution in [0.5, 0.6) is 11.5 Å². The van der Waals surface area contributed by atoms with Crippen molar-refractivity contribution in [2.45, 2.75) is 20.5 Å². The molecule has 0 spiro atoms. The fraction of sp³-hybridized carbons (Fsp3) is 0.160. The van der Waals surface area contributed by atoms with Crippen LogP contribution in [0.2, 0.25) is 0 Å². The number of aromatic nitrogens is 2. The first-order valence-electron chi connectivity index (χ1n) is 10.4. The average Bonchev–Trinajstić information content (AvgIpc) is 2.80. The molecule has 0 aliphatic heterocycles. The van der Waals surface area contributed by atoms with Crippen molar-refractivity contribution in [1.29, 1.82) is 0 Å². The minimum Gasteiger partial charge on any atom is -0.497 e. The Morgan fingerprint density at radius 3 is 2.55 bits per heavy atom. The van der Waals surface area contributed by atoms with Crippen LogP contribution in [0.15, 0.2) is 71.7 Å². The highest BCUT2D eigenvalue weighted by atomic mass is 16.5. The lowest BCUT2D eigenvalue weighted by Gasteiger charge is -2.13. The first-order chi connectivity index (χ1) is 15.9. The van der Waals surface area contributed by atoms with Crippen molar-refractivity contribution in [2.24, 2.45) is 0 Å². The topological polar surface area (TPSA) is 94.0 Å². The molecule has 0 bridgehead atoms. The number of urea groups is 1. The molecule has 0 aliphatic rings. The van der Waals surface area contributed by atoms with E-state index in [1.807, 2.05) is 32.0 Å². The highest BCUT2D eigenvalue weighted by Crippen LogP contribution is 2.24. The molecule has 2 aromatic heterocycles. The van der Waals surface area contributed by atoms with Crippen LogP contribution in [0.25, 0.3) is 5.65 Å². The lowest BCUT2D eigenvalue weighted by molar-refractivity contribution is 0.262. The van der Waals surface area contributed by atoms with Gasteiger partial charge in [-0.1, -0.05) is 18.2 Å². The molecule has 2 heterocycles. The number of hydrogen-bond donors (Lipinski definition) is 2. The number of ether oxygens (including phenoxy) is 2. The van der Waals surface area contributed by atoms with E-state index in [0.717, 1.165) is 11.1 Å². The molecule has 0 atom stereocenters. The Morgan fingerprint density at radius 1 is 0.970 bits per heavy atom. The molecule has 33 heavy (non-hydrogen) atoms. The predicted molar refractivity (Wildman–Crippen MR) is 127 cm³/mol. The first-order valence-corrected chi connectivity index (χ1v) is 10.4. The number of benzene rings is 2. The van der Waals surface area contributed by atoms with Crippen LogP contribution < -0.4 is 25.7 Å². The number of rotatable bonds is 6. The SMILES string of the molecule is COc1cccc(NC(=O)Nc2ccc(C)c(OCc3cc(=O)n4cccc(C)c4n3)c2)c1. The van der Waals surface area contributed by atoms with Crippen LogP contribution in [0.4, 0.5) is 16.2 Å². The Kier molecular flexibility index (Phi) is 6.26. The van der Waals surface area contributed by atoms with E-state index in [4.69, 9.17) is 9.47 Å². The van der Waals surface area contributed by atoms with Gasteiger partial charge >= 0.3 is 6.03 Å². The van der Waals surface area contributed by atoms with E-state index in [9.17, 15) is 9.59 Å². The molecule has 0 saturated carbocycles. The largest absolute Gasteiger partial charge is 0.497 e. The molecule has 0 radical (unpaired) electrons. The molecule has 8 nitrogen and oxygen atoms in total. The lowest BCUT2D eigenvalue weighted by Crippen LogP contribution is -2.19. The Bertz CT molecular complexity index is 1380. The minimum absolute atomic E-state index is 0.125. The Hall–Kier alpha value is -4.33. The molecule has 4 aromatic rings. The third kappa shape index (κ3) is 5.12. The molecule has 168 valence electrons. The number of pyridine rings is 1. The average molecular weight is 444 g/mol. The van der Waals surface area contributed by atoms with Crippen molar-refractivity contribution >= 4 is 23.1 Å². The van der Waals surface area contributed by atoms with E-state index in [-0.39, 0.29) is 12.2 Å². The van der Waals surface area contributed by atoms with Crippen molar-refractivity contribution < 1.29 is 14.3 Å². The van der Waals surface area contributed by atoms with Crippen LogP contribution in [0, 0.1) is 13.8 Å². The van der Waals surface area contributed by atoms with Crippen molar-refractivity contribution in [3.63, 3.8) is 0 Å². The summed E-state index contributed by atoms with van der Waals surface area (Å²) in [6.07, 6.45) is 1.69. The Labute approximate surface area is 190 Å². The van der Waals surface area contributed by atoms with Crippen molar-refractivity contribution in [2.75, 3.05) is 17.7 Å². The summed E-state index contributed by atoms with van der Waals surface area (Å²) in [5.74, 6) is 1.23. The van der Waals surface area contributed by atoms with Crippen molar-refractivity contribution in [3.8, 4) is 11.5 Å². The van der Waals surface area contributed by atoms with Crippen LogP contribution in [0.1, 0.15) is 16.8 Å². The van der Waals surface area contributed by atoms with Crippen LogP contribution in [-0.4, -0.2) is 22.5 Å². The van der Waals surface area contributed by atoms with Gasteiger partial charge in [0, 0.05) is 35.8 Å². The predicted octanol–water partition coefficient (Wildman–Crippen LogP) is 4.54. The molecule has 0 aliphatic carbocycles. The van der Waals surface area contributed by atoms with E-state index >= 15 is 0 Å². The van der Waals surface area contributed by atoms with E-state index < -0.39 is 6.03 Å². The molecule has 8 heteroatoms. The van der Waals surface area contributed by atoms with Gasteiger partial charge in [-0.15, -0.1) is 0 Å². The van der Waals surface area contributed by atoms with Gasteiger partial charge in [0.15, 0.2) is 0 Å². The van der Waals surface area contributed by atoms with Crippen LogP contribution in [0.3, 0.4) is 0 Å². The number of nitrogens with zero attached hydrogens (tertiary/aromatic N) is 2. The van der Waals surface area contributed by atoms with Crippen LogP contribution >= 0.6 is 0 Å². The van der Waals surface area contributed by atoms with Gasteiger partial charge in [-0.25, -0.2) is 9.78 Å². The number of amides is 2. The second kappa shape index (κ2) is 9.44. The molecule has 2 amide bonds. The number of anilines is 2. The molecule has 0 saturated heterocycles. The zero-order valence-electron chi connectivity index (χ0n) is 18.6. The second-order valence-corrected chi connectivity index (χ2v) is 7.55. The van der Waals surface area contributed by atoms with Crippen LogP contribution in [-0.2, 0) is 6.61 Å². The molecular formula is C25H24N4O4. The zero-order valence-corrected chi connectivity index (χ0v) is 18.6. The van der Waals surface area contributed by atoms with Gasteiger partial charge in [-0.2, -0.15) is 0 Å². The number of carbonyl (C=O) groups is 1. The quantitative estimate of drug-likeness (QED) is 0.455. The summed E-state index contributed by atoms with van der Waals surface area (Å²) in [7, 11) is 1.57. The third-order valence-electron chi connectivity index (χ3n) is 5.09. The van der Waals surface area contributed by atoms with E-state index in [1.54, 1.807) is 49.7 Å². The number of hydrogen-bond acceptors (Lipinski definition) is 5. The molecule has 2 N–H and O–H groups in total. The molecular weight excluding hydrogens is 420 g/mol. The van der Waals surface area contributed by atoms with E-state index in [0.29, 0.717) is 34.2 Å². The monoisotopic (exact) mass is 444 g/mol. The lowest BCUT2D eigenvalue weighted by atomic mass is 10.2. The Morgan fingerprint density at radius 2 is 1.76 bits per heavy atom. The van der Waals surface area contributed by atoms with Gasteiger partial charge in [-0.3, -0.25) is 9.20 Å². The number of fused-ring (bicyclic) bond motifs is 1. The second-order valence-electron chi connectivity index (χ2n) is 7.55. The summed E-state index contributed by atoms with van der Waals surface area (Å²) >= 11 is 0. The van der Waals surface area contributed by atoms with Crippen molar-refractivity contribution in [1.82, 2.24) is 9.38 Å². The summed E-state index contributed by atoms with van der Waals surface area (Å²) in [6, 6.07) is 17.3. The first kappa shape index (κ1) is 21.9. The van der Waals surface area contributed by atoms with E-state index in [2.05, 4.69) is 15.6 Å². The third-order valence-corrected chi connectivity index (χ3v) is 5.09. The van der Waals surface area contributed by atoms with E-state index in [1.165, 1.54) is 10.5 Å². The van der Waals surface area contributed by atoms with Gasteiger partial charge in [-0.05, 0) is 49.2 Å². The summed E-state index contributed by atoms with van der Waals surface area (Å²) in [5, 5.41) is 5.56. The summed E-state index contributed by atoms with van der Waals surface area (Å²) in [6.45, 7) is 3.94. The smallest absolute Gasteiger partial charge is 0.323 e. The maximum absolute atomic E-state index is 12.4. The number of methoxy groups -OCH3 is 1. The fourth-order valence-electron chi connectivity index (χ4n) is 3.36. The van der Waals surface area contributed by atoms with Gasteiger partial charge in [0.25, 0.3) is 5.56 Å². The standard InChI is InChI=1S/C25H24N4O4/c1-16-9-10-19(28-25(31)27-18-7-4-8-21(12-18)32-3)13-22(16)33-15-20-14-23(30)29-11-5-6-17(2)24(29)26-20/h4-14H,15H2,1-3H3,(H2,27,28,31). The van der Waals surface area contributed by atoms with Gasteiger partial charge in [0.2, 0.25) is 0 Å². The van der Waals surface area contributed by atoms with Gasteiger partial charge in [0.05, 0.1) is 12.8 Å².